The highest BCUT2D eigenvalue weighted by molar-refractivity contribution is 6.05. The van der Waals surface area contributed by atoms with E-state index in [1.165, 1.54) is 28.9 Å². The number of para-hydroxylation sites is 2. The summed E-state index contributed by atoms with van der Waals surface area (Å²) >= 11 is 0. The van der Waals surface area contributed by atoms with Crippen LogP contribution in [-0.2, 0) is 10.9 Å². The molecule has 1 saturated heterocycles. The molecule has 0 radical (unpaired) electrons. The lowest BCUT2D eigenvalue weighted by Crippen LogP contribution is -2.50. The number of amides is 2. The molecule has 1 N–H and O–H groups in total. The maximum atomic E-state index is 13.3. The molecule has 0 spiro atoms. The van der Waals surface area contributed by atoms with Crippen LogP contribution in [0.5, 0.6) is 0 Å². The van der Waals surface area contributed by atoms with E-state index in [9.17, 15) is 22.8 Å². The molecule has 1 fully saturated rings. The zero-order valence-corrected chi connectivity index (χ0v) is 22.8. The van der Waals surface area contributed by atoms with Gasteiger partial charge in [-0.3, -0.25) is 4.79 Å². The van der Waals surface area contributed by atoms with Crippen molar-refractivity contribution in [3.63, 3.8) is 0 Å². The smallest absolute Gasteiger partial charge is 0.416 e. The second-order valence-electron chi connectivity index (χ2n) is 10.6. The van der Waals surface area contributed by atoms with E-state index < -0.39 is 23.2 Å². The van der Waals surface area contributed by atoms with E-state index in [1.807, 2.05) is 39.0 Å². The second kappa shape index (κ2) is 10.8. The van der Waals surface area contributed by atoms with Crippen molar-refractivity contribution in [1.29, 1.82) is 0 Å². The Hall–Kier alpha value is -4.61. The van der Waals surface area contributed by atoms with Gasteiger partial charge in [0.15, 0.2) is 5.65 Å². The van der Waals surface area contributed by atoms with Gasteiger partial charge in [-0.1, -0.05) is 24.3 Å². The number of anilines is 2. The normalized spacial score (nSPS) is 14.3. The Morgan fingerprint density at radius 3 is 2.27 bits per heavy atom. The Bertz CT molecular complexity index is 1570. The average Bonchev–Trinajstić information content (AvgIpc) is 3.35. The number of ether oxygens (including phenoxy) is 1. The van der Waals surface area contributed by atoms with Gasteiger partial charge in [0, 0.05) is 37.9 Å². The molecule has 214 valence electrons. The Morgan fingerprint density at radius 1 is 0.927 bits per heavy atom. The van der Waals surface area contributed by atoms with Crippen molar-refractivity contribution in [3.05, 3.63) is 78.2 Å². The number of nitrogens with one attached hydrogen (secondary N) is 1. The summed E-state index contributed by atoms with van der Waals surface area (Å²) in [5.74, 6) is -0.452. The molecule has 3 heterocycles. The van der Waals surface area contributed by atoms with E-state index in [1.54, 1.807) is 17.2 Å². The number of carbonyl (C=O) groups excluding carboxylic acids is 2. The minimum atomic E-state index is -4.44. The molecule has 2 aromatic heterocycles. The lowest BCUT2D eigenvalue weighted by Gasteiger charge is -2.37. The standard InChI is InChI=1S/C29H29F3N6O3/c1-28(2,3)41-27(40)37-16-14-36(15-17-37)24-7-5-4-6-22(24)35-26(39)23-12-13-38-25(34-23)21(18-33-38)19-8-10-20(11-9-19)29(30,31)32/h4-13,18H,14-17H2,1-3H3,(H,35,39). The molecule has 0 unspecified atom stereocenters. The van der Waals surface area contributed by atoms with Crippen molar-refractivity contribution in [2.75, 3.05) is 36.4 Å². The minimum Gasteiger partial charge on any atom is -0.444 e. The molecule has 12 heteroatoms. The first-order chi connectivity index (χ1) is 19.4. The van der Waals surface area contributed by atoms with Crippen LogP contribution >= 0.6 is 0 Å². The third-order valence-electron chi connectivity index (χ3n) is 6.55. The number of nitrogens with zero attached hydrogens (tertiary/aromatic N) is 5. The molecule has 1 aliphatic rings. The summed E-state index contributed by atoms with van der Waals surface area (Å²) in [6.45, 7) is 7.55. The SMILES string of the molecule is CC(C)(C)OC(=O)N1CCN(c2ccccc2NC(=O)c2ccn3ncc(-c4ccc(C(F)(F)F)cc4)c3n2)CC1. The number of carbonyl (C=O) groups is 2. The van der Waals surface area contributed by atoms with E-state index in [0.717, 1.165) is 17.8 Å². The van der Waals surface area contributed by atoms with E-state index in [0.29, 0.717) is 48.6 Å². The van der Waals surface area contributed by atoms with Crippen LogP contribution in [0.1, 0.15) is 36.8 Å². The van der Waals surface area contributed by atoms with E-state index in [2.05, 4.69) is 20.3 Å². The fourth-order valence-electron chi connectivity index (χ4n) is 4.54. The largest absolute Gasteiger partial charge is 0.444 e. The molecule has 0 atom stereocenters. The van der Waals surface area contributed by atoms with Gasteiger partial charge in [0.2, 0.25) is 0 Å². The summed E-state index contributed by atoms with van der Waals surface area (Å²) in [7, 11) is 0. The summed E-state index contributed by atoms with van der Waals surface area (Å²) in [4.78, 5) is 33.9. The highest BCUT2D eigenvalue weighted by Gasteiger charge is 2.30. The first-order valence-corrected chi connectivity index (χ1v) is 13.0. The Labute approximate surface area is 234 Å². The van der Waals surface area contributed by atoms with Crippen LogP contribution in [0, 0.1) is 0 Å². The van der Waals surface area contributed by atoms with Gasteiger partial charge in [0.1, 0.15) is 11.3 Å². The summed E-state index contributed by atoms with van der Waals surface area (Å²) in [5, 5.41) is 7.15. The highest BCUT2D eigenvalue weighted by atomic mass is 19.4. The van der Waals surface area contributed by atoms with Gasteiger partial charge < -0.3 is 19.9 Å². The number of halogens is 3. The van der Waals surface area contributed by atoms with Crippen LogP contribution in [0.15, 0.2) is 67.0 Å². The van der Waals surface area contributed by atoms with Gasteiger partial charge in [0.25, 0.3) is 5.91 Å². The van der Waals surface area contributed by atoms with Crippen molar-refractivity contribution >= 4 is 29.0 Å². The average molecular weight is 567 g/mol. The summed E-state index contributed by atoms with van der Waals surface area (Å²) < 4.78 is 45.9. The summed E-state index contributed by atoms with van der Waals surface area (Å²) in [6.07, 6.45) is -1.72. The van der Waals surface area contributed by atoms with Crippen molar-refractivity contribution < 1.29 is 27.5 Å². The lowest BCUT2D eigenvalue weighted by atomic mass is 10.1. The fourth-order valence-corrected chi connectivity index (χ4v) is 4.54. The number of hydrogen-bond donors (Lipinski definition) is 1. The van der Waals surface area contributed by atoms with Crippen molar-refractivity contribution in [3.8, 4) is 11.1 Å². The minimum absolute atomic E-state index is 0.121. The number of aromatic nitrogens is 3. The highest BCUT2D eigenvalue weighted by Crippen LogP contribution is 2.32. The molecule has 0 saturated carbocycles. The predicted octanol–water partition coefficient (Wildman–Crippen LogP) is 5.72. The van der Waals surface area contributed by atoms with Gasteiger partial charge >= 0.3 is 12.3 Å². The topological polar surface area (TPSA) is 92.1 Å². The third-order valence-corrected chi connectivity index (χ3v) is 6.55. The third kappa shape index (κ3) is 6.26. The van der Waals surface area contributed by atoms with E-state index in [4.69, 9.17) is 4.74 Å². The van der Waals surface area contributed by atoms with Crippen molar-refractivity contribution in [2.24, 2.45) is 0 Å². The number of alkyl halides is 3. The van der Waals surface area contributed by atoms with Crippen LogP contribution in [-0.4, -0.2) is 63.3 Å². The maximum absolute atomic E-state index is 13.3. The van der Waals surface area contributed by atoms with Crippen LogP contribution < -0.4 is 10.2 Å². The van der Waals surface area contributed by atoms with Gasteiger partial charge in [0.05, 0.1) is 23.1 Å². The van der Waals surface area contributed by atoms with Crippen LogP contribution in [0.4, 0.5) is 29.3 Å². The van der Waals surface area contributed by atoms with E-state index >= 15 is 0 Å². The van der Waals surface area contributed by atoms with Gasteiger partial charge in [-0.25, -0.2) is 14.3 Å². The molecule has 9 nitrogen and oxygen atoms in total. The summed E-state index contributed by atoms with van der Waals surface area (Å²) in [5.41, 5.74) is 1.51. The Morgan fingerprint density at radius 2 is 1.61 bits per heavy atom. The fraction of sp³-hybridized carbons (Fsp3) is 0.310. The molecule has 5 rings (SSSR count). The number of hydrogen-bond acceptors (Lipinski definition) is 6. The summed E-state index contributed by atoms with van der Waals surface area (Å²) in [6, 6.07) is 13.6. The van der Waals surface area contributed by atoms with Crippen LogP contribution in [0.2, 0.25) is 0 Å². The number of piperazine rings is 1. The van der Waals surface area contributed by atoms with Crippen LogP contribution in [0.25, 0.3) is 16.8 Å². The van der Waals surface area contributed by atoms with Crippen LogP contribution in [0.3, 0.4) is 0 Å². The first kappa shape index (κ1) is 27.9. The number of benzene rings is 2. The number of fused-ring (bicyclic) bond motifs is 1. The van der Waals surface area contributed by atoms with Gasteiger partial charge in [-0.05, 0) is 56.7 Å². The van der Waals surface area contributed by atoms with Crippen molar-refractivity contribution in [1.82, 2.24) is 19.5 Å². The molecule has 41 heavy (non-hydrogen) atoms. The Kier molecular flexibility index (Phi) is 7.33. The predicted molar refractivity (Wildman–Crippen MR) is 148 cm³/mol. The lowest BCUT2D eigenvalue weighted by molar-refractivity contribution is -0.137. The zero-order chi connectivity index (χ0) is 29.4. The molecular weight excluding hydrogens is 537 g/mol. The molecular formula is C29H29F3N6O3. The molecule has 1 aliphatic heterocycles. The van der Waals surface area contributed by atoms with Gasteiger partial charge in [-0.15, -0.1) is 0 Å². The Balaban J connectivity index is 1.32. The second-order valence-corrected chi connectivity index (χ2v) is 10.6. The van der Waals surface area contributed by atoms with Crippen molar-refractivity contribution in [2.45, 2.75) is 32.5 Å². The first-order valence-electron chi connectivity index (χ1n) is 13.0. The molecule has 2 aromatic carbocycles. The molecule has 0 bridgehead atoms. The van der Waals surface area contributed by atoms with Gasteiger partial charge in [-0.2, -0.15) is 18.3 Å². The maximum Gasteiger partial charge on any atom is 0.416 e. The monoisotopic (exact) mass is 566 g/mol. The molecule has 0 aliphatic carbocycles. The molecule has 2 amide bonds. The zero-order valence-electron chi connectivity index (χ0n) is 22.8. The van der Waals surface area contributed by atoms with E-state index in [-0.39, 0.29) is 11.8 Å². The quantitative estimate of drug-likeness (QED) is 0.340. The number of rotatable bonds is 4. The molecule has 4 aromatic rings.